The van der Waals surface area contributed by atoms with Crippen molar-refractivity contribution in [1.82, 2.24) is 45.0 Å². The summed E-state index contributed by atoms with van der Waals surface area (Å²) in [6.07, 6.45) is 6.09. The summed E-state index contributed by atoms with van der Waals surface area (Å²) in [4.78, 5) is 71.8. The van der Waals surface area contributed by atoms with Gasteiger partial charge in [-0.2, -0.15) is 0 Å². The maximum absolute atomic E-state index is 14.8. The Labute approximate surface area is 388 Å². The number of carbonyl (C=O) groups is 4. The Balaban J connectivity index is 1.28. The van der Waals surface area contributed by atoms with Crippen LogP contribution in [-0.2, 0) is 43.2 Å². The number of aromatic nitrogens is 3. The summed E-state index contributed by atoms with van der Waals surface area (Å²) in [5.74, 6) is -1.09. The number of rotatable bonds is 10. The molecule has 0 spiro atoms. The van der Waals surface area contributed by atoms with Crippen molar-refractivity contribution in [1.29, 1.82) is 0 Å². The van der Waals surface area contributed by atoms with E-state index in [2.05, 4.69) is 72.3 Å². The van der Waals surface area contributed by atoms with E-state index in [-0.39, 0.29) is 37.1 Å². The highest BCUT2D eigenvalue weighted by atomic mass is 32.1. The van der Waals surface area contributed by atoms with E-state index >= 15 is 0 Å². The van der Waals surface area contributed by atoms with Gasteiger partial charge >= 0.3 is 6.03 Å². The van der Waals surface area contributed by atoms with Gasteiger partial charge in [-0.1, -0.05) is 33.8 Å². The number of piperidine rings is 1. The molecule has 3 aliphatic rings. The molecule has 6 heterocycles. The minimum Gasteiger partial charge on any atom is -0.378 e. The lowest BCUT2D eigenvalue weighted by Crippen LogP contribution is -2.66. The van der Waals surface area contributed by atoms with E-state index in [9.17, 15) is 19.2 Å². The largest absolute Gasteiger partial charge is 0.378 e. The minimum atomic E-state index is -1.16. The van der Waals surface area contributed by atoms with Gasteiger partial charge < -0.3 is 38.9 Å². The van der Waals surface area contributed by atoms with Crippen LogP contribution in [0.15, 0.2) is 41.9 Å². The molecule has 0 radical (unpaired) electrons. The number of aldehydes is 1. The Hall–Kier alpha value is -4.74. The van der Waals surface area contributed by atoms with Gasteiger partial charge in [-0.3, -0.25) is 19.6 Å². The fourth-order valence-corrected chi connectivity index (χ4v) is 10.9. The van der Waals surface area contributed by atoms with Gasteiger partial charge in [0.05, 0.1) is 41.4 Å². The number of nitrogens with one attached hydrogen (secondary N) is 2. The third kappa shape index (κ3) is 10.2. The molecular formula is C49H69N9O6S. The summed E-state index contributed by atoms with van der Waals surface area (Å²) in [5.41, 5.74) is 8.59. The molecule has 7 rings (SSSR count). The standard InChI is InChI=1S/C49H69N9O6S/c1-11-57-40-18-17-33-23-36(40)37(44(57)35-16-12-20-50-42(35)32(4)63-10)25-48(5,6)29-64-30-49(28-59)19-14-22-58(53-49)46(61)38(24-41-51-39(33)27-65-41)52-45(60)43(31(2)3)56(9)47(62)55(8)34-15-13-21-54(7)26-34/h12,16-18,20,23,27-28,31-32,34,38,43,53H,11,13-15,19,21-22,24-26,29-30H2,1-10H3,(H,52,60)/t32-,34+,38-,43-,49?/m0/s1. The van der Waals surface area contributed by atoms with Gasteiger partial charge in [-0.05, 0) is 101 Å². The number of aryl methyl sites for hydroxylation is 1. The lowest BCUT2D eigenvalue weighted by Gasteiger charge is -2.42. The molecule has 15 nitrogen and oxygen atoms in total. The van der Waals surface area contributed by atoms with Crippen LogP contribution < -0.4 is 10.7 Å². The minimum absolute atomic E-state index is 0.0278. The maximum Gasteiger partial charge on any atom is 0.320 e. The summed E-state index contributed by atoms with van der Waals surface area (Å²) in [6.45, 7) is 15.5. The van der Waals surface area contributed by atoms with E-state index in [1.807, 2.05) is 38.4 Å². The fourth-order valence-electron chi connectivity index (χ4n) is 10.1. The summed E-state index contributed by atoms with van der Waals surface area (Å²) in [6, 6.07) is 8.43. The second-order valence-corrected chi connectivity index (χ2v) is 20.5. The van der Waals surface area contributed by atoms with Crippen LogP contribution in [0.4, 0.5) is 4.79 Å². The van der Waals surface area contributed by atoms with Gasteiger partial charge in [0.25, 0.3) is 5.91 Å². The predicted molar refractivity (Wildman–Crippen MR) is 254 cm³/mol. The number of benzene rings is 1. The normalized spacial score (nSPS) is 22.9. The fraction of sp³-hybridized carbons (Fsp3) is 0.592. The van der Waals surface area contributed by atoms with Crippen LogP contribution in [0.1, 0.15) is 89.6 Å². The van der Waals surface area contributed by atoms with Crippen molar-refractivity contribution >= 4 is 46.4 Å². The second kappa shape index (κ2) is 20.0. The van der Waals surface area contributed by atoms with Gasteiger partial charge in [0.15, 0.2) is 0 Å². The monoisotopic (exact) mass is 912 g/mol. The van der Waals surface area contributed by atoms with Crippen molar-refractivity contribution in [3.63, 3.8) is 0 Å². The molecule has 352 valence electrons. The Morgan fingerprint density at radius 1 is 1.14 bits per heavy atom. The lowest BCUT2D eigenvalue weighted by atomic mass is 9.84. The van der Waals surface area contributed by atoms with E-state index in [0.29, 0.717) is 37.4 Å². The van der Waals surface area contributed by atoms with Crippen molar-refractivity contribution in [2.75, 3.05) is 61.1 Å². The van der Waals surface area contributed by atoms with Gasteiger partial charge in [0, 0.05) is 86.9 Å². The molecule has 2 saturated heterocycles. The number of methoxy groups -OCH3 is 1. The number of thiazole rings is 1. The predicted octanol–water partition coefficient (Wildman–Crippen LogP) is 6.35. The Morgan fingerprint density at radius 2 is 1.92 bits per heavy atom. The third-order valence-corrected chi connectivity index (χ3v) is 14.5. The number of amides is 4. The number of pyridine rings is 1. The Kier molecular flexibility index (Phi) is 14.8. The Morgan fingerprint density at radius 3 is 2.63 bits per heavy atom. The number of urea groups is 1. The molecule has 5 atom stereocenters. The molecule has 65 heavy (non-hydrogen) atoms. The second-order valence-electron chi connectivity index (χ2n) is 19.6. The van der Waals surface area contributed by atoms with Crippen molar-refractivity contribution in [2.45, 2.75) is 116 Å². The molecule has 4 amide bonds. The van der Waals surface area contributed by atoms with E-state index in [1.54, 1.807) is 26.1 Å². The number of likely N-dealkylation sites (tertiary alicyclic amines) is 1. The molecule has 2 fully saturated rings. The van der Waals surface area contributed by atoms with Gasteiger partial charge in [0.1, 0.15) is 23.9 Å². The molecule has 0 saturated carbocycles. The van der Waals surface area contributed by atoms with E-state index in [0.717, 1.165) is 83.4 Å². The van der Waals surface area contributed by atoms with Crippen LogP contribution in [0.3, 0.4) is 0 Å². The smallest absolute Gasteiger partial charge is 0.320 e. The van der Waals surface area contributed by atoms with E-state index in [4.69, 9.17) is 19.4 Å². The molecule has 0 aliphatic carbocycles. The Bertz CT molecular complexity index is 2360. The number of hydrazine groups is 1. The topological polar surface area (TPSA) is 154 Å². The first-order valence-electron chi connectivity index (χ1n) is 23.2. The molecule has 3 aliphatic heterocycles. The molecule has 1 unspecified atom stereocenters. The zero-order valence-electron chi connectivity index (χ0n) is 40.0. The molecule has 6 bridgehead atoms. The molecular weight excluding hydrogens is 843 g/mol. The van der Waals surface area contributed by atoms with Crippen LogP contribution in [-0.4, -0.2) is 143 Å². The highest BCUT2D eigenvalue weighted by Crippen LogP contribution is 2.42. The number of nitrogens with zero attached hydrogens (tertiary/aromatic N) is 7. The molecule has 16 heteroatoms. The summed E-state index contributed by atoms with van der Waals surface area (Å²) < 4.78 is 14.7. The first-order valence-corrected chi connectivity index (χ1v) is 24.1. The van der Waals surface area contributed by atoms with E-state index < -0.39 is 34.9 Å². The highest BCUT2D eigenvalue weighted by molar-refractivity contribution is 7.10. The number of hydrogen-bond donors (Lipinski definition) is 2. The highest BCUT2D eigenvalue weighted by Gasteiger charge is 2.42. The average Bonchev–Trinajstić information content (AvgIpc) is 3.88. The number of hydrogen-bond acceptors (Lipinski definition) is 11. The third-order valence-electron chi connectivity index (χ3n) is 13.6. The number of fused-ring (bicyclic) bond motifs is 6. The lowest BCUT2D eigenvalue weighted by molar-refractivity contribution is -0.147. The van der Waals surface area contributed by atoms with Gasteiger partial charge in [0.2, 0.25) is 5.91 Å². The quantitative estimate of drug-likeness (QED) is 0.172. The average molecular weight is 912 g/mol. The molecule has 2 N–H and O–H groups in total. The number of carbonyl (C=O) groups excluding carboxylic acids is 4. The van der Waals surface area contributed by atoms with Crippen molar-refractivity contribution in [3.05, 3.63) is 58.2 Å². The first-order chi connectivity index (χ1) is 31.0. The SMILES string of the molecule is CCn1c(-c2cccnc2[C@H](C)OC)c2c3cc(ccc31)-c1csc(n1)C[C@H](NC(=O)[C@H](C(C)C)N(C)C(=O)N(C)[C@@H]1CCCN(C)C1)C(=O)N1CCCC(C=O)(COCC(C)(C)C2)N1. The number of likely N-dealkylation sites (N-methyl/N-ethyl adjacent to an activating group) is 3. The van der Waals surface area contributed by atoms with Crippen molar-refractivity contribution < 1.29 is 28.7 Å². The van der Waals surface area contributed by atoms with Crippen LogP contribution in [0.5, 0.6) is 0 Å². The zero-order valence-corrected chi connectivity index (χ0v) is 40.8. The molecule has 4 aromatic rings. The summed E-state index contributed by atoms with van der Waals surface area (Å²) in [7, 11) is 7.22. The first kappa shape index (κ1) is 48.2. The van der Waals surface area contributed by atoms with Crippen molar-refractivity contribution in [3.8, 4) is 22.5 Å². The van der Waals surface area contributed by atoms with Crippen LogP contribution in [0.25, 0.3) is 33.4 Å². The van der Waals surface area contributed by atoms with Crippen LogP contribution in [0, 0.1) is 11.3 Å². The van der Waals surface area contributed by atoms with Gasteiger partial charge in [-0.25, -0.2) is 15.2 Å². The molecule has 3 aromatic heterocycles. The van der Waals surface area contributed by atoms with Crippen LogP contribution in [0.2, 0.25) is 0 Å². The van der Waals surface area contributed by atoms with Crippen LogP contribution >= 0.6 is 11.3 Å². The molecule has 1 aromatic carbocycles. The number of ether oxygens (including phenoxy) is 2. The summed E-state index contributed by atoms with van der Waals surface area (Å²) in [5, 5.41) is 8.31. The van der Waals surface area contributed by atoms with E-state index in [1.165, 1.54) is 21.2 Å². The zero-order chi connectivity index (χ0) is 46.8. The van der Waals surface area contributed by atoms with Gasteiger partial charge in [-0.15, -0.1) is 11.3 Å². The van der Waals surface area contributed by atoms with Crippen molar-refractivity contribution in [2.24, 2.45) is 11.3 Å². The maximum atomic E-state index is 14.8. The summed E-state index contributed by atoms with van der Waals surface area (Å²) >= 11 is 1.43.